The number of rotatable bonds is 40. The first kappa shape index (κ1) is 45.9. The number of carbonyl (C=O) groups is 2. The zero-order chi connectivity index (χ0) is 35.1. The van der Waals surface area contributed by atoms with Gasteiger partial charge in [0.25, 0.3) is 0 Å². The van der Waals surface area contributed by atoms with Crippen LogP contribution in [-0.2, 0) is 14.3 Å². The van der Waals surface area contributed by atoms with Gasteiger partial charge in [-0.05, 0) is 12.8 Å². The highest BCUT2D eigenvalue weighted by Gasteiger charge is 2.30. The SMILES string of the molecule is CCCCCCCCCCCCCCCCCCCCCCCCCCCCCCCCCCCCCCCCC=CC1CC(=O)OC1=O. The summed E-state index contributed by atoms with van der Waals surface area (Å²) in [4.78, 5) is 22.5. The summed E-state index contributed by atoms with van der Waals surface area (Å²) < 4.78 is 4.57. The molecule has 0 radical (unpaired) electrons. The molecule has 1 fully saturated rings. The number of cyclic esters (lactones) is 2. The monoisotopic (exact) mass is 687 g/mol. The number of hydrogen-bond donors (Lipinski definition) is 0. The van der Waals surface area contributed by atoms with Gasteiger partial charge in [-0.3, -0.25) is 9.59 Å². The van der Waals surface area contributed by atoms with Crippen molar-refractivity contribution in [2.45, 2.75) is 264 Å². The number of allylic oxidation sites excluding steroid dienone is 1. The Morgan fingerprint density at radius 2 is 0.653 bits per heavy atom. The summed E-state index contributed by atoms with van der Waals surface area (Å²) in [6.45, 7) is 2.31. The molecular formula is C46H86O3. The van der Waals surface area contributed by atoms with Crippen LogP contribution >= 0.6 is 0 Å². The molecule has 1 unspecified atom stereocenters. The van der Waals surface area contributed by atoms with Gasteiger partial charge >= 0.3 is 11.9 Å². The van der Waals surface area contributed by atoms with Gasteiger partial charge in [0, 0.05) is 0 Å². The molecule has 0 amide bonds. The van der Waals surface area contributed by atoms with Crippen molar-refractivity contribution in [3.05, 3.63) is 12.2 Å². The molecule has 0 spiro atoms. The second-order valence-corrected chi connectivity index (χ2v) is 15.9. The topological polar surface area (TPSA) is 43.4 Å². The first-order valence-electron chi connectivity index (χ1n) is 22.6. The normalized spacial score (nSPS) is 14.8. The van der Waals surface area contributed by atoms with Crippen LogP contribution in [0.15, 0.2) is 12.2 Å². The fourth-order valence-electron chi connectivity index (χ4n) is 7.60. The highest BCUT2D eigenvalue weighted by Crippen LogP contribution is 2.19. The molecule has 1 saturated heterocycles. The van der Waals surface area contributed by atoms with Crippen molar-refractivity contribution in [3.8, 4) is 0 Å². The van der Waals surface area contributed by atoms with Crippen molar-refractivity contribution in [3.63, 3.8) is 0 Å². The van der Waals surface area contributed by atoms with E-state index in [1.54, 1.807) is 0 Å². The predicted octanol–water partition coefficient (Wildman–Crippen LogP) is 15.9. The summed E-state index contributed by atoms with van der Waals surface area (Å²) in [6.07, 6.45) is 59.9. The molecule has 0 N–H and O–H groups in total. The van der Waals surface area contributed by atoms with Gasteiger partial charge in [0.1, 0.15) is 0 Å². The van der Waals surface area contributed by atoms with E-state index in [0.717, 1.165) is 6.42 Å². The van der Waals surface area contributed by atoms with Gasteiger partial charge in [-0.2, -0.15) is 0 Å². The van der Waals surface area contributed by atoms with Crippen LogP contribution in [0.2, 0.25) is 0 Å². The fourth-order valence-corrected chi connectivity index (χ4v) is 7.60. The Hall–Kier alpha value is -1.12. The first-order valence-corrected chi connectivity index (χ1v) is 22.6. The van der Waals surface area contributed by atoms with Gasteiger partial charge in [0.2, 0.25) is 0 Å². The third kappa shape index (κ3) is 33.8. The average molecular weight is 687 g/mol. The van der Waals surface area contributed by atoms with Crippen LogP contribution in [0.5, 0.6) is 0 Å². The molecule has 3 nitrogen and oxygen atoms in total. The molecule has 1 atom stereocenters. The second-order valence-electron chi connectivity index (χ2n) is 15.9. The Bertz CT molecular complexity index is 728. The van der Waals surface area contributed by atoms with Crippen molar-refractivity contribution in [1.82, 2.24) is 0 Å². The van der Waals surface area contributed by atoms with Crippen LogP contribution < -0.4 is 0 Å². The summed E-state index contributed by atoms with van der Waals surface area (Å²) in [5.74, 6) is -1.11. The third-order valence-corrected chi connectivity index (χ3v) is 11.0. The van der Waals surface area contributed by atoms with E-state index in [4.69, 9.17) is 0 Å². The van der Waals surface area contributed by atoms with Gasteiger partial charge in [-0.15, -0.1) is 0 Å². The van der Waals surface area contributed by atoms with Crippen LogP contribution in [-0.4, -0.2) is 11.9 Å². The molecule has 1 heterocycles. The maximum Gasteiger partial charge on any atom is 0.321 e. The molecule has 1 rings (SSSR count). The van der Waals surface area contributed by atoms with E-state index in [2.05, 4.69) is 17.7 Å². The minimum absolute atomic E-state index is 0.217. The number of esters is 2. The molecule has 0 saturated carbocycles. The molecule has 0 aromatic carbocycles. The molecule has 0 aromatic rings. The van der Waals surface area contributed by atoms with Gasteiger partial charge < -0.3 is 4.74 Å². The molecular weight excluding hydrogens is 601 g/mol. The van der Waals surface area contributed by atoms with E-state index in [1.165, 1.54) is 244 Å². The maximum absolute atomic E-state index is 11.4. The van der Waals surface area contributed by atoms with Crippen LogP contribution in [0.25, 0.3) is 0 Å². The van der Waals surface area contributed by atoms with E-state index in [-0.39, 0.29) is 24.3 Å². The predicted molar refractivity (Wildman–Crippen MR) is 214 cm³/mol. The van der Waals surface area contributed by atoms with Crippen LogP contribution in [0, 0.1) is 5.92 Å². The smallest absolute Gasteiger partial charge is 0.321 e. The lowest BCUT2D eigenvalue weighted by atomic mass is 10.0. The van der Waals surface area contributed by atoms with Crippen molar-refractivity contribution in [1.29, 1.82) is 0 Å². The Morgan fingerprint density at radius 1 is 0.408 bits per heavy atom. The Balaban J connectivity index is 1.62. The van der Waals surface area contributed by atoms with Gasteiger partial charge in [0.15, 0.2) is 0 Å². The molecule has 49 heavy (non-hydrogen) atoms. The lowest BCUT2D eigenvalue weighted by Crippen LogP contribution is -2.03. The van der Waals surface area contributed by atoms with Gasteiger partial charge in [-0.1, -0.05) is 257 Å². The molecule has 3 heteroatoms. The Morgan fingerprint density at radius 3 is 0.878 bits per heavy atom. The van der Waals surface area contributed by atoms with Gasteiger partial charge in [-0.25, -0.2) is 0 Å². The van der Waals surface area contributed by atoms with E-state index >= 15 is 0 Å². The minimum atomic E-state index is -0.387. The number of hydrogen-bond acceptors (Lipinski definition) is 3. The highest BCUT2D eigenvalue weighted by atomic mass is 16.6. The van der Waals surface area contributed by atoms with Crippen molar-refractivity contribution < 1.29 is 14.3 Å². The first-order chi connectivity index (χ1) is 24.2. The summed E-state index contributed by atoms with van der Waals surface area (Å²) in [5, 5.41) is 0. The van der Waals surface area contributed by atoms with Crippen LogP contribution in [0.4, 0.5) is 0 Å². The third-order valence-electron chi connectivity index (χ3n) is 11.0. The summed E-state index contributed by atoms with van der Waals surface area (Å²) in [7, 11) is 0. The molecule has 0 aliphatic carbocycles. The standard InChI is InChI=1S/C46H86O3/c1-2-3-4-5-6-7-8-9-10-11-12-13-14-15-16-17-18-19-20-21-22-23-24-25-26-27-28-29-30-31-32-33-34-35-36-37-38-39-40-41-42-44-43-45(47)49-46(44)48/h41-42,44H,2-40,43H2,1H3. The zero-order valence-electron chi connectivity index (χ0n) is 33.2. The molecule has 0 aromatic heterocycles. The summed E-state index contributed by atoms with van der Waals surface area (Å²) in [6, 6.07) is 0. The molecule has 0 bridgehead atoms. The number of carbonyl (C=O) groups excluding carboxylic acids is 2. The van der Waals surface area contributed by atoms with Crippen LogP contribution in [0.3, 0.4) is 0 Å². The summed E-state index contributed by atoms with van der Waals surface area (Å²) >= 11 is 0. The van der Waals surface area contributed by atoms with Crippen LogP contribution in [0.1, 0.15) is 264 Å². The number of ether oxygens (including phenoxy) is 1. The van der Waals surface area contributed by atoms with E-state index in [1.807, 2.05) is 6.08 Å². The van der Waals surface area contributed by atoms with Crippen molar-refractivity contribution in [2.24, 2.45) is 5.92 Å². The fraction of sp³-hybridized carbons (Fsp3) is 0.913. The Kier molecular flexibility index (Phi) is 35.7. The largest absolute Gasteiger partial charge is 0.393 e. The lowest BCUT2D eigenvalue weighted by Gasteiger charge is -2.05. The minimum Gasteiger partial charge on any atom is -0.393 e. The van der Waals surface area contributed by atoms with Crippen molar-refractivity contribution >= 4 is 11.9 Å². The summed E-state index contributed by atoms with van der Waals surface area (Å²) in [5.41, 5.74) is 0. The molecule has 288 valence electrons. The molecule has 1 aliphatic heterocycles. The van der Waals surface area contributed by atoms with Gasteiger partial charge in [0.05, 0.1) is 12.3 Å². The van der Waals surface area contributed by atoms with E-state index in [9.17, 15) is 9.59 Å². The lowest BCUT2D eigenvalue weighted by molar-refractivity contribution is -0.152. The second kappa shape index (κ2) is 38.1. The Labute approximate surface area is 307 Å². The quantitative estimate of drug-likeness (QED) is 0.0279. The maximum atomic E-state index is 11.4. The van der Waals surface area contributed by atoms with E-state index < -0.39 is 0 Å². The number of unbranched alkanes of at least 4 members (excludes halogenated alkanes) is 38. The highest BCUT2D eigenvalue weighted by molar-refractivity contribution is 5.95. The van der Waals surface area contributed by atoms with E-state index in [0.29, 0.717) is 0 Å². The average Bonchev–Trinajstić information content (AvgIpc) is 3.43. The molecule has 1 aliphatic rings. The van der Waals surface area contributed by atoms with Crippen molar-refractivity contribution in [2.75, 3.05) is 0 Å². The zero-order valence-corrected chi connectivity index (χ0v) is 33.2.